The molecule has 2 rings (SSSR count). The van der Waals surface area contributed by atoms with Crippen molar-refractivity contribution in [3.63, 3.8) is 0 Å². The lowest BCUT2D eigenvalue weighted by Crippen LogP contribution is -2.43. The van der Waals surface area contributed by atoms with Crippen molar-refractivity contribution in [2.75, 3.05) is 18.1 Å². The lowest BCUT2D eigenvalue weighted by Gasteiger charge is -2.09. The molecule has 0 aromatic heterocycles. The second-order valence-corrected chi connectivity index (χ2v) is 8.31. The lowest BCUT2D eigenvalue weighted by molar-refractivity contribution is -0.149. The molecule has 1 heterocycles. The van der Waals surface area contributed by atoms with Crippen LogP contribution in [-0.2, 0) is 24.2 Å². The van der Waals surface area contributed by atoms with E-state index in [0.717, 1.165) is 0 Å². The fraction of sp³-hybridized carbons (Fsp3) is 0.400. The summed E-state index contributed by atoms with van der Waals surface area (Å²) in [5.41, 5.74) is 4.58. The maximum Gasteiger partial charge on any atom is 0.306 e. The molecule has 0 unspecified atom stereocenters. The number of hydrogen-bond donors (Lipinski definition) is 2. The first-order valence-corrected chi connectivity index (χ1v) is 9.66. The number of hydrazine groups is 1. The molecule has 25 heavy (non-hydrogen) atoms. The average Bonchev–Trinajstić information content (AvgIpc) is 2.90. The second kappa shape index (κ2) is 8.30. The smallest absolute Gasteiger partial charge is 0.306 e. The van der Waals surface area contributed by atoms with E-state index in [1.165, 1.54) is 24.3 Å². The first-order chi connectivity index (χ1) is 11.7. The predicted molar refractivity (Wildman–Crippen MR) is 89.4 cm³/mol. The van der Waals surface area contributed by atoms with Gasteiger partial charge >= 0.3 is 5.97 Å². The third kappa shape index (κ3) is 6.35. The van der Waals surface area contributed by atoms with Crippen LogP contribution in [-0.4, -0.2) is 44.3 Å². The van der Waals surface area contributed by atoms with E-state index in [1.807, 2.05) is 0 Å². The molecule has 0 spiro atoms. The minimum atomic E-state index is -3.06. The van der Waals surface area contributed by atoms with Gasteiger partial charge in [0.15, 0.2) is 16.4 Å². The second-order valence-electron chi connectivity index (χ2n) is 5.64. The van der Waals surface area contributed by atoms with Gasteiger partial charge in [-0.05, 0) is 36.6 Å². The molecule has 1 aromatic carbocycles. The zero-order valence-electron chi connectivity index (χ0n) is 13.2. The van der Waals surface area contributed by atoms with Crippen molar-refractivity contribution in [3.05, 3.63) is 34.9 Å². The summed E-state index contributed by atoms with van der Waals surface area (Å²) < 4.78 is 27.4. The van der Waals surface area contributed by atoms with Gasteiger partial charge in [-0.3, -0.25) is 25.2 Å². The van der Waals surface area contributed by atoms with Crippen LogP contribution >= 0.6 is 11.6 Å². The van der Waals surface area contributed by atoms with Crippen LogP contribution in [0.5, 0.6) is 0 Å². The number of halogens is 1. The van der Waals surface area contributed by atoms with Crippen LogP contribution in [0, 0.1) is 5.92 Å². The van der Waals surface area contributed by atoms with Crippen LogP contribution < -0.4 is 10.9 Å². The number of carbonyl (C=O) groups is 3. The number of nitrogens with one attached hydrogen (secondary N) is 2. The molecule has 2 N–H and O–H groups in total. The number of sulfone groups is 1. The molecule has 0 saturated carbocycles. The fourth-order valence-electron chi connectivity index (χ4n) is 2.31. The highest BCUT2D eigenvalue weighted by Crippen LogP contribution is 2.21. The molecule has 0 bridgehead atoms. The topological polar surface area (TPSA) is 119 Å². The van der Waals surface area contributed by atoms with Crippen molar-refractivity contribution in [1.82, 2.24) is 10.9 Å². The third-order valence-corrected chi connectivity index (χ3v) is 5.66. The third-order valence-electron chi connectivity index (χ3n) is 3.57. The molecule has 2 amide bonds. The van der Waals surface area contributed by atoms with Crippen LogP contribution in [0.2, 0.25) is 5.02 Å². The van der Waals surface area contributed by atoms with Gasteiger partial charge in [0.25, 0.3) is 11.8 Å². The average molecular weight is 389 g/mol. The number of benzene rings is 1. The Bertz CT molecular complexity index is 763. The van der Waals surface area contributed by atoms with Gasteiger partial charge < -0.3 is 4.74 Å². The zero-order chi connectivity index (χ0) is 18.4. The maximum absolute atomic E-state index is 11.8. The van der Waals surface area contributed by atoms with Crippen molar-refractivity contribution in [3.8, 4) is 0 Å². The molecule has 1 fully saturated rings. The summed E-state index contributed by atoms with van der Waals surface area (Å²) in [5, 5.41) is 0.475. The van der Waals surface area contributed by atoms with Gasteiger partial charge in [0.2, 0.25) is 0 Å². The first kappa shape index (κ1) is 19.2. The van der Waals surface area contributed by atoms with Crippen LogP contribution in [0.25, 0.3) is 0 Å². The molecule has 8 nitrogen and oxygen atoms in total. The van der Waals surface area contributed by atoms with E-state index in [9.17, 15) is 22.8 Å². The SMILES string of the molecule is O=C(COC(=O)C[C@@H]1CCS(=O)(=O)C1)NNC(=O)c1ccc(Cl)cc1. The van der Waals surface area contributed by atoms with Crippen molar-refractivity contribution in [1.29, 1.82) is 0 Å². The molecule has 0 aliphatic carbocycles. The molecule has 1 saturated heterocycles. The Kier molecular flexibility index (Phi) is 6.38. The van der Waals surface area contributed by atoms with E-state index in [0.29, 0.717) is 17.0 Å². The Labute approximate surface area is 149 Å². The van der Waals surface area contributed by atoms with Crippen molar-refractivity contribution < 1.29 is 27.5 Å². The van der Waals surface area contributed by atoms with Crippen LogP contribution in [0.3, 0.4) is 0 Å². The quantitative estimate of drug-likeness (QED) is 0.559. The number of amides is 2. The van der Waals surface area contributed by atoms with Crippen LogP contribution in [0.1, 0.15) is 23.2 Å². The molecular formula is C15H17ClN2O6S. The van der Waals surface area contributed by atoms with Gasteiger partial charge in [-0.25, -0.2) is 8.42 Å². The Morgan fingerprint density at radius 2 is 1.84 bits per heavy atom. The summed E-state index contributed by atoms with van der Waals surface area (Å²) in [4.78, 5) is 34.9. The van der Waals surface area contributed by atoms with Gasteiger partial charge in [-0.2, -0.15) is 0 Å². The predicted octanol–water partition coefficient (Wildman–Crippen LogP) is 0.469. The molecule has 10 heteroatoms. The highest BCUT2D eigenvalue weighted by Gasteiger charge is 2.29. The van der Waals surface area contributed by atoms with E-state index < -0.39 is 34.2 Å². The molecule has 1 atom stereocenters. The minimum Gasteiger partial charge on any atom is -0.455 e. The van der Waals surface area contributed by atoms with Gasteiger partial charge in [0.05, 0.1) is 11.5 Å². The lowest BCUT2D eigenvalue weighted by atomic mass is 10.1. The number of hydrogen-bond acceptors (Lipinski definition) is 6. The summed E-state index contributed by atoms with van der Waals surface area (Å²) in [7, 11) is -3.06. The van der Waals surface area contributed by atoms with Gasteiger partial charge in [-0.1, -0.05) is 11.6 Å². The Hall–Kier alpha value is -2.13. The van der Waals surface area contributed by atoms with Gasteiger partial charge in [0, 0.05) is 17.0 Å². The zero-order valence-corrected chi connectivity index (χ0v) is 14.7. The van der Waals surface area contributed by atoms with Gasteiger partial charge in [-0.15, -0.1) is 0 Å². The molecule has 0 radical (unpaired) electrons. The Balaban J connectivity index is 1.67. The highest BCUT2D eigenvalue weighted by molar-refractivity contribution is 7.91. The summed E-state index contributed by atoms with van der Waals surface area (Å²) in [6.07, 6.45) is 0.365. The van der Waals surface area contributed by atoms with E-state index >= 15 is 0 Å². The summed E-state index contributed by atoms with van der Waals surface area (Å²) >= 11 is 5.71. The molecule has 1 aliphatic heterocycles. The summed E-state index contributed by atoms with van der Waals surface area (Å²) in [5.74, 6) is -2.15. The number of carbonyl (C=O) groups excluding carboxylic acids is 3. The number of ether oxygens (including phenoxy) is 1. The van der Waals surface area contributed by atoms with Gasteiger partial charge in [0.1, 0.15) is 0 Å². The largest absolute Gasteiger partial charge is 0.455 e. The normalized spacial score (nSPS) is 18.4. The van der Waals surface area contributed by atoms with E-state index in [1.54, 1.807) is 0 Å². The molecule has 1 aliphatic rings. The minimum absolute atomic E-state index is 0.0363. The monoisotopic (exact) mass is 388 g/mol. The summed E-state index contributed by atoms with van der Waals surface area (Å²) in [6.45, 7) is -0.570. The van der Waals surface area contributed by atoms with E-state index in [-0.39, 0.29) is 23.8 Å². The summed E-state index contributed by atoms with van der Waals surface area (Å²) in [6, 6.07) is 6.03. The number of rotatable bonds is 5. The highest BCUT2D eigenvalue weighted by atomic mass is 35.5. The molecule has 1 aromatic rings. The Morgan fingerprint density at radius 1 is 1.16 bits per heavy atom. The fourth-order valence-corrected chi connectivity index (χ4v) is 4.30. The van der Waals surface area contributed by atoms with Crippen molar-refractivity contribution in [2.45, 2.75) is 12.8 Å². The van der Waals surface area contributed by atoms with Crippen molar-refractivity contribution in [2.24, 2.45) is 5.92 Å². The molecular weight excluding hydrogens is 372 g/mol. The number of esters is 1. The molecule has 136 valence electrons. The van der Waals surface area contributed by atoms with E-state index in [2.05, 4.69) is 10.9 Å². The van der Waals surface area contributed by atoms with Crippen LogP contribution in [0.15, 0.2) is 24.3 Å². The Morgan fingerprint density at radius 3 is 2.44 bits per heavy atom. The standard InChI is InChI=1S/C15H17ClN2O6S/c16-12-3-1-11(2-4-12)15(21)18-17-13(19)8-24-14(20)7-10-5-6-25(22,23)9-10/h1-4,10H,5-9H2,(H,17,19)(H,18,21)/t10-/m0/s1. The van der Waals surface area contributed by atoms with Crippen LogP contribution in [0.4, 0.5) is 0 Å². The van der Waals surface area contributed by atoms with E-state index in [4.69, 9.17) is 16.3 Å². The maximum atomic E-state index is 11.8. The van der Waals surface area contributed by atoms with Crippen molar-refractivity contribution >= 4 is 39.2 Å². The first-order valence-electron chi connectivity index (χ1n) is 7.46.